The third kappa shape index (κ3) is 2.33. The fraction of sp³-hybridized carbons (Fsp3) is 0.500. The molecule has 7 nitrogen and oxygen atoms in total. The van der Waals surface area contributed by atoms with E-state index in [1.165, 1.54) is 24.3 Å². The van der Waals surface area contributed by atoms with Crippen LogP contribution in [-0.4, -0.2) is 35.3 Å². The Bertz CT molecular complexity index is 464. The van der Waals surface area contributed by atoms with Gasteiger partial charge in [-0.3, -0.25) is 10.1 Å². The van der Waals surface area contributed by atoms with Crippen molar-refractivity contribution in [3.8, 4) is 0 Å². The number of rotatable bonds is 3. The van der Waals surface area contributed by atoms with Crippen LogP contribution < -0.4 is 0 Å². The number of non-ortho nitro benzene ring substituents is 1. The Labute approximate surface area is 108 Å². The fourth-order valence-corrected chi connectivity index (χ4v) is 2.35. The molecule has 1 aromatic rings. The molecule has 2 aliphatic rings. The van der Waals surface area contributed by atoms with Gasteiger partial charge in [-0.2, -0.15) is 0 Å². The van der Waals surface area contributed by atoms with E-state index < -0.39 is 23.4 Å². The first kappa shape index (κ1) is 12.5. The monoisotopic (exact) mass is 267 g/mol. The van der Waals surface area contributed by atoms with E-state index in [0.717, 1.165) is 0 Å². The van der Waals surface area contributed by atoms with Crippen molar-refractivity contribution >= 4 is 5.69 Å². The molecule has 1 aromatic carbocycles. The molecule has 2 heterocycles. The predicted octanol–water partition coefficient (Wildman–Crippen LogP) is 1.12. The summed E-state index contributed by atoms with van der Waals surface area (Å²) in [6.07, 6.45) is -1.28. The number of nitro benzene ring substituents is 1. The summed E-state index contributed by atoms with van der Waals surface area (Å²) in [5.74, 6) is 0. The van der Waals surface area contributed by atoms with Crippen LogP contribution in [-0.2, 0) is 14.2 Å². The minimum absolute atomic E-state index is 0.00757. The number of hydrogen-bond acceptors (Lipinski definition) is 6. The van der Waals surface area contributed by atoms with Gasteiger partial charge in [0.2, 0.25) is 0 Å². The SMILES string of the molecule is O=[N+]([O-])c1ccc([C@H](O)[C@@H]2C[C@H]3OCO[C@H]3O2)cc1. The van der Waals surface area contributed by atoms with Gasteiger partial charge in [0.05, 0.1) is 11.0 Å². The Morgan fingerprint density at radius 2 is 2.05 bits per heavy atom. The molecular formula is C12H13NO6. The number of hydrogen-bond donors (Lipinski definition) is 1. The topological polar surface area (TPSA) is 91.1 Å². The highest BCUT2D eigenvalue weighted by Gasteiger charge is 2.43. The van der Waals surface area contributed by atoms with Crippen LogP contribution in [0.5, 0.6) is 0 Å². The zero-order valence-corrected chi connectivity index (χ0v) is 9.97. The first-order chi connectivity index (χ1) is 9.15. The number of aliphatic hydroxyl groups excluding tert-OH is 1. The quantitative estimate of drug-likeness (QED) is 0.651. The molecule has 0 bridgehead atoms. The van der Waals surface area contributed by atoms with E-state index in [2.05, 4.69) is 0 Å². The van der Waals surface area contributed by atoms with Crippen molar-refractivity contribution in [1.82, 2.24) is 0 Å². The lowest BCUT2D eigenvalue weighted by Crippen LogP contribution is -2.20. The van der Waals surface area contributed by atoms with Crippen LogP contribution in [0.25, 0.3) is 0 Å². The third-order valence-electron chi connectivity index (χ3n) is 3.39. The summed E-state index contributed by atoms with van der Waals surface area (Å²) in [5.41, 5.74) is 0.572. The number of aliphatic hydroxyl groups is 1. The van der Waals surface area contributed by atoms with Crippen molar-refractivity contribution in [3.05, 3.63) is 39.9 Å². The average Bonchev–Trinajstić information content (AvgIpc) is 2.98. The molecule has 0 unspecified atom stereocenters. The fourth-order valence-electron chi connectivity index (χ4n) is 2.35. The van der Waals surface area contributed by atoms with Crippen LogP contribution in [0.3, 0.4) is 0 Å². The van der Waals surface area contributed by atoms with Crippen LogP contribution in [0.2, 0.25) is 0 Å². The standard InChI is InChI=1S/C12H13NO6/c14-11(7-1-3-8(4-2-7)13(15)16)9-5-10-12(19-9)18-6-17-10/h1-4,9-12,14H,5-6H2/t9-,10+,11-,12-/m0/s1. The predicted molar refractivity (Wildman–Crippen MR) is 62.2 cm³/mol. The van der Waals surface area contributed by atoms with E-state index in [1.54, 1.807) is 0 Å². The molecule has 2 saturated heterocycles. The van der Waals surface area contributed by atoms with Crippen LogP contribution in [0.4, 0.5) is 5.69 Å². The first-order valence-corrected chi connectivity index (χ1v) is 5.96. The Kier molecular flexibility index (Phi) is 3.19. The van der Waals surface area contributed by atoms with Gasteiger partial charge in [-0.15, -0.1) is 0 Å². The Hall–Kier alpha value is -1.54. The van der Waals surface area contributed by atoms with Crippen LogP contribution >= 0.6 is 0 Å². The van der Waals surface area contributed by atoms with Gasteiger partial charge in [-0.1, -0.05) is 0 Å². The van der Waals surface area contributed by atoms with E-state index >= 15 is 0 Å². The summed E-state index contributed by atoms with van der Waals surface area (Å²) in [4.78, 5) is 10.1. The highest BCUT2D eigenvalue weighted by Crippen LogP contribution is 2.35. The lowest BCUT2D eigenvalue weighted by molar-refractivity contribution is -0.384. The molecule has 0 spiro atoms. The second-order valence-electron chi connectivity index (χ2n) is 4.56. The van der Waals surface area contributed by atoms with Crippen LogP contribution in [0.15, 0.2) is 24.3 Å². The van der Waals surface area contributed by atoms with Crippen LogP contribution in [0, 0.1) is 10.1 Å². The van der Waals surface area contributed by atoms with E-state index in [-0.39, 0.29) is 18.6 Å². The molecule has 102 valence electrons. The summed E-state index contributed by atoms with van der Waals surface area (Å²) >= 11 is 0. The second-order valence-corrected chi connectivity index (χ2v) is 4.56. The lowest BCUT2D eigenvalue weighted by Gasteiger charge is -2.18. The van der Waals surface area contributed by atoms with Crippen molar-refractivity contribution < 1.29 is 24.2 Å². The largest absolute Gasteiger partial charge is 0.386 e. The molecular weight excluding hydrogens is 254 g/mol. The van der Waals surface area contributed by atoms with Crippen LogP contribution in [0.1, 0.15) is 18.1 Å². The molecule has 4 atom stereocenters. The van der Waals surface area contributed by atoms with E-state index in [9.17, 15) is 15.2 Å². The minimum atomic E-state index is -0.849. The Morgan fingerprint density at radius 3 is 2.68 bits per heavy atom. The summed E-state index contributed by atoms with van der Waals surface area (Å²) in [5, 5.41) is 20.8. The molecule has 1 N–H and O–H groups in total. The number of benzene rings is 1. The maximum atomic E-state index is 10.6. The smallest absolute Gasteiger partial charge is 0.269 e. The van der Waals surface area contributed by atoms with Crippen molar-refractivity contribution in [2.45, 2.75) is 31.0 Å². The molecule has 0 aliphatic carbocycles. The Balaban J connectivity index is 1.70. The highest BCUT2D eigenvalue weighted by molar-refractivity contribution is 5.34. The van der Waals surface area contributed by atoms with Crippen molar-refractivity contribution in [1.29, 1.82) is 0 Å². The number of nitro groups is 1. The first-order valence-electron chi connectivity index (χ1n) is 5.96. The maximum absolute atomic E-state index is 10.6. The summed E-state index contributed by atoms with van der Waals surface area (Å²) in [7, 11) is 0. The van der Waals surface area contributed by atoms with Gasteiger partial charge in [0.1, 0.15) is 12.2 Å². The highest BCUT2D eigenvalue weighted by atomic mass is 16.8. The molecule has 19 heavy (non-hydrogen) atoms. The van der Waals surface area contributed by atoms with Crippen molar-refractivity contribution in [2.75, 3.05) is 6.79 Å². The van der Waals surface area contributed by atoms with E-state index in [4.69, 9.17) is 14.2 Å². The lowest BCUT2D eigenvalue weighted by atomic mass is 10.0. The average molecular weight is 267 g/mol. The number of ether oxygens (including phenoxy) is 3. The zero-order chi connectivity index (χ0) is 13.4. The minimum Gasteiger partial charge on any atom is -0.386 e. The van der Waals surface area contributed by atoms with Crippen molar-refractivity contribution in [3.63, 3.8) is 0 Å². The van der Waals surface area contributed by atoms with Gasteiger partial charge in [0.15, 0.2) is 13.1 Å². The molecule has 0 amide bonds. The summed E-state index contributed by atoms with van der Waals surface area (Å²) in [6, 6.07) is 5.78. The summed E-state index contributed by atoms with van der Waals surface area (Å²) in [6.45, 7) is 0.218. The molecule has 3 rings (SSSR count). The van der Waals surface area contributed by atoms with Gasteiger partial charge in [-0.25, -0.2) is 0 Å². The van der Waals surface area contributed by atoms with Gasteiger partial charge in [0, 0.05) is 18.6 Å². The van der Waals surface area contributed by atoms with Gasteiger partial charge < -0.3 is 19.3 Å². The second kappa shape index (κ2) is 4.86. The molecule has 0 saturated carbocycles. The van der Waals surface area contributed by atoms with Gasteiger partial charge in [-0.05, 0) is 17.7 Å². The maximum Gasteiger partial charge on any atom is 0.269 e. The zero-order valence-electron chi connectivity index (χ0n) is 9.97. The normalized spacial score (nSPS) is 31.1. The Morgan fingerprint density at radius 1 is 1.32 bits per heavy atom. The molecule has 2 aliphatic heterocycles. The molecule has 0 aromatic heterocycles. The third-order valence-corrected chi connectivity index (χ3v) is 3.39. The summed E-state index contributed by atoms with van der Waals surface area (Å²) < 4.78 is 16.0. The van der Waals surface area contributed by atoms with E-state index in [1.807, 2.05) is 0 Å². The number of fused-ring (bicyclic) bond motifs is 1. The van der Waals surface area contributed by atoms with Gasteiger partial charge in [0.25, 0.3) is 5.69 Å². The number of nitrogens with zero attached hydrogens (tertiary/aromatic N) is 1. The van der Waals surface area contributed by atoms with E-state index in [0.29, 0.717) is 12.0 Å². The molecule has 7 heteroatoms. The molecule has 0 radical (unpaired) electrons. The molecule has 2 fully saturated rings. The van der Waals surface area contributed by atoms with Gasteiger partial charge >= 0.3 is 0 Å². The van der Waals surface area contributed by atoms with Crippen molar-refractivity contribution in [2.24, 2.45) is 0 Å².